The molecule has 150 valence electrons. The number of non-ortho nitro benzene ring substituents is 1. The van der Waals surface area contributed by atoms with Gasteiger partial charge in [-0.25, -0.2) is 8.42 Å². The van der Waals surface area contributed by atoms with Gasteiger partial charge in [-0.2, -0.15) is 0 Å². The normalized spacial score (nSPS) is 12.3. The molecule has 0 saturated carbocycles. The molecular weight excluding hydrogens is 406 g/mol. The van der Waals surface area contributed by atoms with Crippen LogP contribution in [0.2, 0.25) is 5.02 Å². The Hall–Kier alpha value is -2.65. The first-order valence-corrected chi connectivity index (χ1v) is 10.5. The van der Waals surface area contributed by atoms with E-state index in [4.69, 9.17) is 11.6 Å². The molecule has 0 heterocycles. The Balaban J connectivity index is 2.33. The van der Waals surface area contributed by atoms with E-state index >= 15 is 0 Å². The minimum Gasteiger partial charge on any atom is -0.350 e. The van der Waals surface area contributed by atoms with E-state index in [0.29, 0.717) is 16.1 Å². The van der Waals surface area contributed by atoms with Crippen molar-refractivity contribution >= 4 is 38.9 Å². The molecule has 0 fully saturated rings. The number of sulfonamides is 1. The van der Waals surface area contributed by atoms with E-state index in [1.54, 1.807) is 31.2 Å². The van der Waals surface area contributed by atoms with Gasteiger partial charge < -0.3 is 5.32 Å². The zero-order valence-corrected chi connectivity index (χ0v) is 17.1. The molecule has 28 heavy (non-hydrogen) atoms. The van der Waals surface area contributed by atoms with Crippen molar-refractivity contribution < 1.29 is 18.1 Å². The third-order valence-corrected chi connectivity index (χ3v) is 5.74. The van der Waals surface area contributed by atoms with Gasteiger partial charge in [0, 0.05) is 23.7 Å². The summed E-state index contributed by atoms with van der Waals surface area (Å²) in [6, 6.07) is 9.70. The van der Waals surface area contributed by atoms with E-state index in [1.807, 2.05) is 0 Å². The highest BCUT2D eigenvalue weighted by molar-refractivity contribution is 7.92. The van der Waals surface area contributed by atoms with Crippen LogP contribution in [-0.2, 0) is 21.4 Å². The molecule has 1 N–H and O–H groups in total. The minimum atomic E-state index is -3.89. The molecule has 0 aliphatic rings. The van der Waals surface area contributed by atoms with Crippen molar-refractivity contribution in [3.63, 3.8) is 0 Å². The van der Waals surface area contributed by atoms with Crippen molar-refractivity contribution in [1.29, 1.82) is 0 Å². The summed E-state index contributed by atoms with van der Waals surface area (Å²) in [6.45, 7) is 3.15. The smallest absolute Gasteiger partial charge is 0.271 e. The first kappa shape index (κ1) is 21.6. The van der Waals surface area contributed by atoms with Gasteiger partial charge in [0.25, 0.3) is 5.69 Å². The summed E-state index contributed by atoms with van der Waals surface area (Å²) < 4.78 is 25.7. The molecule has 1 unspecified atom stereocenters. The summed E-state index contributed by atoms with van der Waals surface area (Å²) in [6.07, 6.45) is 0.948. The van der Waals surface area contributed by atoms with Crippen LogP contribution in [0, 0.1) is 17.0 Å². The molecule has 0 bridgehead atoms. The van der Waals surface area contributed by atoms with E-state index < -0.39 is 26.9 Å². The summed E-state index contributed by atoms with van der Waals surface area (Å²) in [5.41, 5.74) is 0.985. The Morgan fingerprint density at radius 2 is 1.93 bits per heavy atom. The number of benzene rings is 2. The summed E-state index contributed by atoms with van der Waals surface area (Å²) in [5.74, 6) is -0.559. The number of nitrogens with one attached hydrogen (secondary N) is 1. The molecule has 0 aliphatic carbocycles. The van der Waals surface area contributed by atoms with Crippen LogP contribution in [0.4, 0.5) is 11.4 Å². The summed E-state index contributed by atoms with van der Waals surface area (Å²) in [5, 5.41) is 14.2. The quantitative estimate of drug-likeness (QED) is 0.541. The number of hydrogen-bond acceptors (Lipinski definition) is 5. The van der Waals surface area contributed by atoms with E-state index in [0.717, 1.165) is 16.6 Å². The fraction of sp³-hybridized carbons (Fsp3) is 0.278. The van der Waals surface area contributed by atoms with Gasteiger partial charge >= 0.3 is 0 Å². The molecule has 2 aromatic carbocycles. The van der Waals surface area contributed by atoms with Gasteiger partial charge in [0.15, 0.2) is 0 Å². The Bertz CT molecular complexity index is 1010. The van der Waals surface area contributed by atoms with Crippen molar-refractivity contribution in [1.82, 2.24) is 5.32 Å². The average molecular weight is 426 g/mol. The van der Waals surface area contributed by atoms with Crippen LogP contribution >= 0.6 is 11.6 Å². The Kier molecular flexibility index (Phi) is 6.63. The lowest BCUT2D eigenvalue weighted by Gasteiger charge is -2.29. The molecule has 0 aliphatic heterocycles. The van der Waals surface area contributed by atoms with Crippen LogP contribution < -0.4 is 9.62 Å². The summed E-state index contributed by atoms with van der Waals surface area (Å²) in [7, 11) is -3.89. The van der Waals surface area contributed by atoms with Gasteiger partial charge in [-0.15, -0.1) is 0 Å². The molecule has 0 radical (unpaired) electrons. The topological polar surface area (TPSA) is 110 Å². The number of nitro benzene ring substituents is 1. The predicted molar refractivity (Wildman–Crippen MR) is 108 cm³/mol. The van der Waals surface area contributed by atoms with Crippen molar-refractivity contribution in [3.05, 3.63) is 68.7 Å². The second-order valence-electron chi connectivity index (χ2n) is 6.27. The molecule has 8 nitrogen and oxygen atoms in total. The minimum absolute atomic E-state index is 0.0806. The Morgan fingerprint density at radius 1 is 1.29 bits per heavy atom. The largest absolute Gasteiger partial charge is 0.350 e. The highest BCUT2D eigenvalue weighted by Crippen LogP contribution is 2.29. The highest BCUT2D eigenvalue weighted by atomic mass is 35.5. The number of carbonyl (C=O) groups excluding carboxylic acids is 1. The molecule has 1 atom stereocenters. The number of carbonyl (C=O) groups is 1. The van der Waals surface area contributed by atoms with Crippen LogP contribution in [-0.4, -0.2) is 31.5 Å². The SMILES string of the molecule is Cc1ccc([N+](=O)[O-])cc1N(C(C)C(=O)NCc1ccccc1Cl)S(C)(=O)=O. The molecule has 2 rings (SSSR count). The van der Waals surface area contributed by atoms with E-state index in [-0.39, 0.29) is 17.9 Å². The van der Waals surface area contributed by atoms with Gasteiger partial charge in [-0.1, -0.05) is 35.9 Å². The number of nitrogens with zero attached hydrogens (tertiary/aromatic N) is 2. The molecular formula is C18H20ClN3O5S. The number of nitro groups is 1. The zero-order valence-electron chi connectivity index (χ0n) is 15.5. The Labute approximate surface area is 168 Å². The van der Waals surface area contributed by atoms with Crippen LogP contribution in [0.15, 0.2) is 42.5 Å². The molecule has 0 saturated heterocycles. The number of anilines is 1. The van der Waals surface area contributed by atoms with E-state index in [2.05, 4.69) is 5.32 Å². The van der Waals surface area contributed by atoms with Gasteiger partial charge in [0.05, 0.1) is 16.9 Å². The monoisotopic (exact) mass is 425 g/mol. The van der Waals surface area contributed by atoms with Gasteiger partial charge in [-0.3, -0.25) is 19.2 Å². The third kappa shape index (κ3) is 4.99. The number of amides is 1. The van der Waals surface area contributed by atoms with E-state index in [1.165, 1.54) is 19.1 Å². The van der Waals surface area contributed by atoms with Crippen molar-refractivity contribution in [2.45, 2.75) is 26.4 Å². The van der Waals surface area contributed by atoms with Crippen LogP contribution in [0.25, 0.3) is 0 Å². The number of halogens is 1. The highest BCUT2D eigenvalue weighted by Gasteiger charge is 2.31. The lowest BCUT2D eigenvalue weighted by atomic mass is 10.1. The van der Waals surface area contributed by atoms with Gasteiger partial charge in [-0.05, 0) is 31.0 Å². The maximum Gasteiger partial charge on any atom is 0.271 e. The molecule has 10 heteroatoms. The number of rotatable bonds is 7. The molecule has 2 aromatic rings. The predicted octanol–water partition coefficient (Wildman–Crippen LogP) is 3.03. The number of aryl methyl sites for hydroxylation is 1. The van der Waals surface area contributed by atoms with Gasteiger partial charge in [0.2, 0.25) is 15.9 Å². The first-order chi connectivity index (χ1) is 13.0. The van der Waals surface area contributed by atoms with Crippen LogP contribution in [0.3, 0.4) is 0 Å². The summed E-state index contributed by atoms with van der Waals surface area (Å²) >= 11 is 6.06. The zero-order chi connectivity index (χ0) is 21.1. The van der Waals surface area contributed by atoms with Crippen molar-refractivity contribution in [2.75, 3.05) is 10.6 Å². The van der Waals surface area contributed by atoms with Crippen LogP contribution in [0.5, 0.6) is 0 Å². The maximum absolute atomic E-state index is 12.6. The maximum atomic E-state index is 12.6. The Morgan fingerprint density at radius 3 is 2.50 bits per heavy atom. The third-order valence-electron chi connectivity index (χ3n) is 4.14. The second kappa shape index (κ2) is 8.57. The standard InChI is InChI=1S/C18H20ClN3O5S/c1-12-8-9-15(22(24)25)10-17(12)21(28(3,26)27)13(2)18(23)20-11-14-6-4-5-7-16(14)19/h4-10,13H,11H2,1-3H3,(H,20,23). The second-order valence-corrected chi connectivity index (χ2v) is 8.54. The lowest BCUT2D eigenvalue weighted by Crippen LogP contribution is -2.48. The fourth-order valence-corrected chi connectivity index (χ4v) is 4.13. The number of hydrogen-bond donors (Lipinski definition) is 1. The fourth-order valence-electron chi connectivity index (χ4n) is 2.70. The summed E-state index contributed by atoms with van der Waals surface area (Å²) in [4.78, 5) is 23.1. The van der Waals surface area contributed by atoms with E-state index in [9.17, 15) is 23.3 Å². The molecule has 1 amide bonds. The average Bonchev–Trinajstić information content (AvgIpc) is 2.61. The van der Waals surface area contributed by atoms with Crippen molar-refractivity contribution in [3.8, 4) is 0 Å². The molecule has 0 spiro atoms. The van der Waals surface area contributed by atoms with Crippen LogP contribution in [0.1, 0.15) is 18.1 Å². The lowest BCUT2D eigenvalue weighted by molar-refractivity contribution is -0.384. The van der Waals surface area contributed by atoms with Crippen molar-refractivity contribution in [2.24, 2.45) is 0 Å². The molecule has 0 aromatic heterocycles. The first-order valence-electron chi connectivity index (χ1n) is 8.28. The van der Waals surface area contributed by atoms with Gasteiger partial charge in [0.1, 0.15) is 6.04 Å².